The lowest BCUT2D eigenvalue weighted by Crippen LogP contribution is -2.43. The van der Waals surface area contributed by atoms with Crippen LogP contribution in [0.1, 0.15) is 56.6 Å². The molecule has 1 heterocycles. The van der Waals surface area contributed by atoms with Gasteiger partial charge in [0.2, 0.25) is 5.91 Å². The summed E-state index contributed by atoms with van der Waals surface area (Å²) in [4.78, 5) is 38.2. The molecule has 0 saturated carbocycles. The van der Waals surface area contributed by atoms with E-state index in [-0.39, 0.29) is 36.8 Å². The fourth-order valence-electron chi connectivity index (χ4n) is 5.23. The number of ether oxygens (including phenoxy) is 1. The SMILES string of the molecule is CCC(CCC(=O)N1CCC(C)C1C(=O)O)NC(=O)OCC1c2ccccc2-c2ccccc21. The van der Waals surface area contributed by atoms with E-state index in [2.05, 4.69) is 29.6 Å². The summed E-state index contributed by atoms with van der Waals surface area (Å²) in [6, 6.07) is 15.4. The maximum Gasteiger partial charge on any atom is 0.407 e. The number of carboxylic acids is 1. The number of carbonyl (C=O) groups is 3. The van der Waals surface area contributed by atoms with E-state index in [0.29, 0.717) is 25.8 Å². The Labute approximate surface area is 200 Å². The van der Waals surface area contributed by atoms with Crippen molar-refractivity contribution in [2.24, 2.45) is 5.92 Å². The quantitative estimate of drug-likeness (QED) is 0.604. The molecule has 1 aliphatic heterocycles. The highest BCUT2D eigenvalue weighted by molar-refractivity contribution is 5.84. The van der Waals surface area contributed by atoms with Crippen LogP contribution in [0.5, 0.6) is 0 Å². The second kappa shape index (κ2) is 10.3. The molecule has 7 nitrogen and oxygen atoms in total. The summed E-state index contributed by atoms with van der Waals surface area (Å²) in [7, 11) is 0. The van der Waals surface area contributed by atoms with Crippen molar-refractivity contribution in [1.29, 1.82) is 0 Å². The molecule has 180 valence electrons. The van der Waals surface area contributed by atoms with Crippen molar-refractivity contribution in [3.8, 4) is 11.1 Å². The first-order chi connectivity index (χ1) is 16.4. The number of alkyl carbamates (subject to hydrolysis) is 1. The molecule has 1 saturated heterocycles. The Balaban J connectivity index is 1.30. The number of likely N-dealkylation sites (tertiary alicyclic amines) is 1. The van der Waals surface area contributed by atoms with Crippen LogP contribution in [0.15, 0.2) is 48.5 Å². The number of carboxylic acid groups (broad SMARTS) is 1. The van der Waals surface area contributed by atoms with Gasteiger partial charge in [-0.1, -0.05) is 62.4 Å². The maximum atomic E-state index is 12.7. The first kappa shape index (κ1) is 23.8. The topological polar surface area (TPSA) is 95.9 Å². The molecule has 0 aromatic heterocycles. The number of aliphatic carboxylic acids is 1. The van der Waals surface area contributed by atoms with Crippen molar-refractivity contribution in [2.75, 3.05) is 13.2 Å². The summed E-state index contributed by atoms with van der Waals surface area (Å²) in [5, 5.41) is 12.3. The summed E-state index contributed by atoms with van der Waals surface area (Å²) < 4.78 is 5.62. The minimum atomic E-state index is -0.956. The van der Waals surface area contributed by atoms with Gasteiger partial charge in [-0.2, -0.15) is 0 Å². The lowest BCUT2D eigenvalue weighted by molar-refractivity contribution is -0.149. The monoisotopic (exact) mass is 464 g/mol. The van der Waals surface area contributed by atoms with Crippen molar-refractivity contribution < 1.29 is 24.2 Å². The average Bonchev–Trinajstić information content (AvgIpc) is 3.38. The van der Waals surface area contributed by atoms with Crippen molar-refractivity contribution in [2.45, 2.75) is 57.5 Å². The van der Waals surface area contributed by atoms with E-state index in [1.54, 1.807) is 0 Å². The third-order valence-electron chi connectivity index (χ3n) is 7.14. The van der Waals surface area contributed by atoms with Gasteiger partial charge in [0.1, 0.15) is 12.6 Å². The number of carbonyl (C=O) groups excluding carboxylic acids is 2. The maximum absolute atomic E-state index is 12.7. The van der Waals surface area contributed by atoms with Gasteiger partial charge in [0, 0.05) is 24.9 Å². The Morgan fingerprint density at radius 1 is 1.09 bits per heavy atom. The highest BCUT2D eigenvalue weighted by atomic mass is 16.5. The van der Waals surface area contributed by atoms with E-state index in [0.717, 1.165) is 11.1 Å². The number of rotatable bonds is 8. The fraction of sp³-hybridized carbons (Fsp3) is 0.444. The van der Waals surface area contributed by atoms with Crippen molar-refractivity contribution >= 4 is 18.0 Å². The molecule has 0 bridgehead atoms. The van der Waals surface area contributed by atoms with Crippen LogP contribution in [0.2, 0.25) is 0 Å². The molecule has 1 aliphatic carbocycles. The van der Waals surface area contributed by atoms with Crippen molar-refractivity contribution in [3.05, 3.63) is 59.7 Å². The van der Waals surface area contributed by atoms with E-state index < -0.39 is 18.1 Å². The Bertz CT molecular complexity index is 1020. The lowest BCUT2D eigenvalue weighted by atomic mass is 9.98. The normalized spacial score (nSPS) is 19.9. The summed E-state index contributed by atoms with van der Waals surface area (Å²) in [6.45, 7) is 4.51. The fourth-order valence-corrected chi connectivity index (χ4v) is 5.23. The number of amides is 2. The molecule has 2 aliphatic rings. The Kier molecular flexibility index (Phi) is 7.20. The van der Waals surface area contributed by atoms with Gasteiger partial charge in [-0.05, 0) is 47.4 Å². The van der Waals surface area contributed by atoms with Gasteiger partial charge in [-0.25, -0.2) is 9.59 Å². The summed E-state index contributed by atoms with van der Waals surface area (Å²) in [5.41, 5.74) is 4.66. The molecular formula is C27H32N2O5. The molecule has 0 radical (unpaired) electrons. The smallest absolute Gasteiger partial charge is 0.407 e. The van der Waals surface area contributed by atoms with Gasteiger partial charge < -0.3 is 20.1 Å². The highest BCUT2D eigenvalue weighted by Gasteiger charge is 2.39. The van der Waals surface area contributed by atoms with Crippen molar-refractivity contribution in [3.63, 3.8) is 0 Å². The predicted molar refractivity (Wildman–Crippen MR) is 128 cm³/mol. The van der Waals surface area contributed by atoms with Gasteiger partial charge in [0.05, 0.1) is 0 Å². The number of benzene rings is 2. The first-order valence-electron chi connectivity index (χ1n) is 12.0. The Hall–Kier alpha value is -3.35. The molecular weight excluding hydrogens is 432 g/mol. The lowest BCUT2D eigenvalue weighted by Gasteiger charge is -2.24. The van der Waals surface area contributed by atoms with Gasteiger partial charge in [0.15, 0.2) is 0 Å². The molecule has 3 unspecified atom stereocenters. The molecule has 1 fully saturated rings. The largest absolute Gasteiger partial charge is 0.480 e. The molecule has 2 aromatic carbocycles. The molecule has 7 heteroatoms. The van der Waals surface area contributed by atoms with E-state index in [4.69, 9.17) is 4.74 Å². The minimum Gasteiger partial charge on any atom is -0.480 e. The molecule has 0 spiro atoms. The van der Waals surface area contributed by atoms with Crippen LogP contribution in [-0.4, -0.2) is 53.2 Å². The Morgan fingerprint density at radius 2 is 1.71 bits per heavy atom. The number of hydrogen-bond acceptors (Lipinski definition) is 4. The van der Waals surface area contributed by atoms with Gasteiger partial charge in [-0.15, -0.1) is 0 Å². The van der Waals surface area contributed by atoms with Crippen LogP contribution < -0.4 is 5.32 Å². The number of fused-ring (bicyclic) bond motifs is 3. The third-order valence-corrected chi connectivity index (χ3v) is 7.14. The average molecular weight is 465 g/mol. The number of hydrogen-bond donors (Lipinski definition) is 2. The molecule has 4 rings (SSSR count). The summed E-state index contributed by atoms with van der Waals surface area (Å²) in [6.07, 6.45) is 1.48. The standard InChI is InChI=1S/C27H32N2O5/c1-3-18(12-13-24(30)29-15-14-17(2)25(29)26(31)32)28-27(33)34-16-23-21-10-6-4-8-19(21)20-9-5-7-11-22(20)23/h4-11,17-18,23,25H,3,12-16H2,1-2H3,(H,28,33)(H,31,32). The minimum absolute atomic E-state index is 0.00934. The van der Waals surface area contributed by atoms with Crippen LogP contribution in [0, 0.1) is 5.92 Å². The highest BCUT2D eigenvalue weighted by Crippen LogP contribution is 2.44. The van der Waals surface area contributed by atoms with E-state index in [9.17, 15) is 19.5 Å². The van der Waals surface area contributed by atoms with Gasteiger partial charge >= 0.3 is 12.1 Å². The van der Waals surface area contributed by atoms with E-state index >= 15 is 0 Å². The van der Waals surface area contributed by atoms with E-state index in [1.165, 1.54) is 16.0 Å². The molecule has 2 amide bonds. The van der Waals surface area contributed by atoms with Crippen LogP contribution in [0.3, 0.4) is 0 Å². The second-order valence-corrected chi connectivity index (χ2v) is 9.25. The van der Waals surface area contributed by atoms with E-state index in [1.807, 2.05) is 38.1 Å². The van der Waals surface area contributed by atoms with Crippen LogP contribution >= 0.6 is 0 Å². The molecule has 34 heavy (non-hydrogen) atoms. The molecule has 3 atom stereocenters. The zero-order valence-corrected chi connectivity index (χ0v) is 19.7. The Morgan fingerprint density at radius 3 is 2.29 bits per heavy atom. The predicted octanol–water partition coefficient (Wildman–Crippen LogP) is 4.41. The summed E-state index contributed by atoms with van der Waals surface area (Å²) in [5.74, 6) is -1.20. The zero-order chi connectivity index (χ0) is 24.2. The van der Waals surface area contributed by atoms with Crippen molar-refractivity contribution in [1.82, 2.24) is 10.2 Å². The molecule has 2 N–H and O–H groups in total. The summed E-state index contributed by atoms with van der Waals surface area (Å²) >= 11 is 0. The van der Waals surface area contributed by atoms with Gasteiger partial charge in [0.25, 0.3) is 0 Å². The van der Waals surface area contributed by atoms with Crippen LogP contribution in [-0.2, 0) is 14.3 Å². The van der Waals surface area contributed by atoms with Gasteiger partial charge in [-0.3, -0.25) is 4.79 Å². The zero-order valence-electron chi connectivity index (χ0n) is 19.7. The van der Waals surface area contributed by atoms with Crippen LogP contribution in [0.25, 0.3) is 11.1 Å². The van der Waals surface area contributed by atoms with Crippen LogP contribution in [0.4, 0.5) is 4.79 Å². The molecule has 2 aromatic rings. The first-order valence-corrected chi connectivity index (χ1v) is 12.0. The number of nitrogens with zero attached hydrogens (tertiary/aromatic N) is 1. The third kappa shape index (κ3) is 4.79. The number of nitrogens with one attached hydrogen (secondary N) is 1. The second-order valence-electron chi connectivity index (χ2n) is 9.25.